The molecule has 3 rings (SSSR count). The molecular weight excluding hydrogens is 200 g/mol. The molecule has 0 amide bonds. The molecule has 4 nitrogen and oxygen atoms in total. The molecule has 16 heavy (non-hydrogen) atoms. The van der Waals surface area contributed by atoms with Crippen LogP contribution in [0, 0.1) is 0 Å². The zero-order valence-corrected chi connectivity index (χ0v) is 9.21. The molecule has 2 N–H and O–H groups in total. The summed E-state index contributed by atoms with van der Waals surface area (Å²) in [5, 5.41) is 8.50. The number of hydrogen-bond donors (Lipinski definition) is 1. The van der Waals surface area contributed by atoms with Crippen LogP contribution in [-0.4, -0.2) is 20.6 Å². The Hall–Kier alpha value is -1.42. The van der Waals surface area contributed by atoms with Crippen LogP contribution in [0.25, 0.3) is 5.65 Å². The fraction of sp³-hybridized carbons (Fsp3) is 0.500. The number of aromatic nitrogens is 3. The second-order valence-corrected chi connectivity index (χ2v) is 4.61. The molecule has 2 aromatic heterocycles. The summed E-state index contributed by atoms with van der Waals surface area (Å²) in [6.45, 7) is 0. The predicted octanol–water partition coefficient (Wildman–Crippen LogP) is 1.71. The van der Waals surface area contributed by atoms with E-state index < -0.39 is 0 Å². The molecule has 0 bridgehead atoms. The van der Waals surface area contributed by atoms with Gasteiger partial charge in [-0.25, -0.2) is 0 Å². The Labute approximate surface area is 94.5 Å². The summed E-state index contributed by atoms with van der Waals surface area (Å²) in [6, 6.07) is 6.32. The van der Waals surface area contributed by atoms with Gasteiger partial charge in [-0.3, -0.25) is 4.40 Å². The Morgan fingerprint density at radius 2 is 2.19 bits per heavy atom. The van der Waals surface area contributed by atoms with Gasteiger partial charge in [-0.15, -0.1) is 10.2 Å². The van der Waals surface area contributed by atoms with Gasteiger partial charge in [-0.2, -0.15) is 0 Å². The van der Waals surface area contributed by atoms with Gasteiger partial charge >= 0.3 is 0 Å². The molecule has 4 heteroatoms. The van der Waals surface area contributed by atoms with Crippen LogP contribution in [-0.2, 0) is 0 Å². The lowest BCUT2D eigenvalue weighted by atomic mass is 9.85. The van der Waals surface area contributed by atoms with E-state index in [1.165, 1.54) is 12.8 Å². The van der Waals surface area contributed by atoms with Gasteiger partial charge in [-0.05, 0) is 31.4 Å². The standard InChI is InChI=1S/C12H16N4/c13-10-5-3-4-9(8-10)12-15-14-11-6-1-2-7-16(11)12/h1-2,6-7,9-10H,3-5,8,13H2/t9-,10+/m0/s1. The molecule has 0 aromatic carbocycles. The lowest BCUT2D eigenvalue weighted by Crippen LogP contribution is -2.27. The van der Waals surface area contributed by atoms with E-state index in [9.17, 15) is 0 Å². The van der Waals surface area contributed by atoms with Gasteiger partial charge in [0.2, 0.25) is 0 Å². The summed E-state index contributed by atoms with van der Waals surface area (Å²) in [7, 11) is 0. The number of hydrogen-bond acceptors (Lipinski definition) is 3. The van der Waals surface area contributed by atoms with Crippen LogP contribution in [0.5, 0.6) is 0 Å². The summed E-state index contributed by atoms with van der Waals surface area (Å²) in [5.41, 5.74) is 6.95. The van der Waals surface area contributed by atoms with Crippen LogP contribution in [0.4, 0.5) is 0 Å². The number of rotatable bonds is 1. The van der Waals surface area contributed by atoms with Crippen LogP contribution >= 0.6 is 0 Å². The van der Waals surface area contributed by atoms with Crippen molar-refractivity contribution >= 4 is 5.65 Å². The molecule has 2 aromatic rings. The van der Waals surface area contributed by atoms with Gasteiger partial charge in [0, 0.05) is 18.2 Å². The highest BCUT2D eigenvalue weighted by atomic mass is 15.2. The van der Waals surface area contributed by atoms with E-state index in [0.717, 1.165) is 24.3 Å². The van der Waals surface area contributed by atoms with Gasteiger partial charge in [0.15, 0.2) is 5.65 Å². The number of nitrogens with zero attached hydrogens (tertiary/aromatic N) is 3. The largest absolute Gasteiger partial charge is 0.328 e. The van der Waals surface area contributed by atoms with Crippen molar-refractivity contribution in [3.63, 3.8) is 0 Å². The third-order valence-electron chi connectivity index (χ3n) is 3.42. The minimum atomic E-state index is 0.329. The molecule has 2 heterocycles. The maximum Gasteiger partial charge on any atom is 0.160 e. The molecule has 0 radical (unpaired) electrons. The Kier molecular flexibility index (Phi) is 2.36. The van der Waals surface area contributed by atoms with E-state index in [1.807, 2.05) is 24.4 Å². The van der Waals surface area contributed by atoms with E-state index in [0.29, 0.717) is 12.0 Å². The average Bonchev–Trinajstić information content (AvgIpc) is 2.72. The molecule has 1 fully saturated rings. The fourth-order valence-electron chi connectivity index (χ4n) is 2.60. The average molecular weight is 216 g/mol. The number of nitrogens with two attached hydrogens (primary N) is 1. The Bertz CT molecular complexity index is 490. The summed E-state index contributed by atoms with van der Waals surface area (Å²) < 4.78 is 2.09. The monoisotopic (exact) mass is 216 g/mol. The highest BCUT2D eigenvalue weighted by Gasteiger charge is 2.24. The number of pyridine rings is 1. The van der Waals surface area contributed by atoms with Gasteiger partial charge in [0.1, 0.15) is 5.82 Å². The van der Waals surface area contributed by atoms with Gasteiger partial charge in [0.05, 0.1) is 0 Å². The van der Waals surface area contributed by atoms with Gasteiger partial charge < -0.3 is 5.73 Å². The quantitative estimate of drug-likeness (QED) is 0.789. The maximum absolute atomic E-state index is 6.02. The first kappa shape index (κ1) is 9.78. The summed E-state index contributed by atoms with van der Waals surface area (Å²) in [5.74, 6) is 1.55. The third kappa shape index (κ3) is 1.59. The normalized spacial score (nSPS) is 26.1. The van der Waals surface area contributed by atoms with Crippen LogP contribution in [0.15, 0.2) is 24.4 Å². The summed E-state index contributed by atoms with van der Waals surface area (Å²) in [6.07, 6.45) is 6.60. The molecule has 2 atom stereocenters. The number of fused-ring (bicyclic) bond motifs is 1. The minimum absolute atomic E-state index is 0.329. The highest BCUT2D eigenvalue weighted by molar-refractivity contribution is 5.37. The molecule has 0 saturated heterocycles. The summed E-state index contributed by atoms with van der Waals surface area (Å²) >= 11 is 0. The smallest absolute Gasteiger partial charge is 0.160 e. The van der Waals surface area contributed by atoms with E-state index in [1.54, 1.807) is 0 Å². The SMILES string of the molecule is N[C@@H]1CCC[C@H](c2nnc3ccccn23)C1. The van der Waals surface area contributed by atoms with Crippen molar-refractivity contribution in [2.24, 2.45) is 5.73 Å². The van der Waals surface area contributed by atoms with Crippen molar-refractivity contribution in [3.8, 4) is 0 Å². The van der Waals surface area contributed by atoms with E-state index >= 15 is 0 Å². The highest BCUT2D eigenvalue weighted by Crippen LogP contribution is 2.31. The van der Waals surface area contributed by atoms with E-state index in [2.05, 4.69) is 14.6 Å². The lowest BCUT2D eigenvalue weighted by Gasteiger charge is -2.25. The fourth-order valence-corrected chi connectivity index (χ4v) is 2.60. The molecular formula is C12H16N4. The second kappa shape index (κ2) is 3.87. The molecule has 1 aliphatic carbocycles. The second-order valence-electron chi connectivity index (χ2n) is 4.61. The minimum Gasteiger partial charge on any atom is -0.328 e. The van der Waals surface area contributed by atoms with Crippen molar-refractivity contribution in [3.05, 3.63) is 30.2 Å². The first-order valence-electron chi connectivity index (χ1n) is 5.90. The van der Waals surface area contributed by atoms with Crippen molar-refractivity contribution < 1.29 is 0 Å². The van der Waals surface area contributed by atoms with E-state index in [-0.39, 0.29) is 0 Å². The lowest BCUT2D eigenvalue weighted by molar-refractivity contribution is 0.380. The Morgan fingerprint density at radius 1 is 1.25 bits per heavy atom. The molecule has 84 valence electrons. The first-order chi connectivity index (χ1) is 7.84. The Balaban J connectivity index is 1.99. The Morgan fingerprint density at radius 3 is 3.06 bits per heavy atom. The van der Waals surface area contributed by atoms with Crippen LogP contribution < -0.4 is 5.73 Å². The van der Waals surface area contributed by atoms with Gasteiger partial charge in [0.25, 0.3) is 0 Å². The van der Waals surface area contributed by atoms with Crippen LogP contribution in [0.1, 0.15) is 37.4 Å². The van der Waals surface area contributed by atoms with Crippen molar-refractivity contribution in [1.29, 1.82) is 0 Å². The van der Waals surface area contributed by atoms with Crippen molar-refractivity contribution in [2.45, 2.75) is 37.6 Å². The zero-order valence-electron chi connectivity index (χ0n) is 9.21. The van der Waals surface area contributed by atoms with E-state index in [4.69, 9.17) is 5.73 Å². The molecule has 1 saturated carbocycles. The summed E-state index contributed by atoms with van der Waals surface area (Å²) in [4.78, 5) is 0. The molecule has 1 aliphatic rings. The topological polar surface area (TPSA) is 56.2 Å². The van der Waals surface area contributed by atoms with Crippen molar-refractivity contribution in [1.82, 2.24) is 14.6 Å². The van der Waals surface area contributed by atoms with Crippen molar-refractivity contribution in [2.75, 3.05) is 0 Å². The molecule has 0 aliphatic heterocycles. The molecule has 0 spiro atoms. The molecule has 0 unspecified atom stereocenters. The predicted molar refractivity (Wildman–Crippen MR) is 62.2 cm³/mol. The van der Waals surface area contributed by atoms with Gasteiger partial charge in [-0.1, -0.05) is 12.5 Å². The van der Waals surface area contributed by atoms with Crippen LogP contribution in [0.3, 0.4) is 0 Å². The van der Waals surface area contributed by atoms with Crippen LogP contribution in [0.2, 0.25) is 0 Å². The first-order valence-corrected chi connectivity index (χ1v) is 5.90. The third-order valence-corrected chi connectivity index (χ3v) is 3.42. The zero-order chi connectivity index (χ0) is 11.0. The maximum atomic E-state index is 6.02.